The molecular weight excluding hydrogens is 361 g/mol. The molecule has 140 valence electrons. The van der Waals surface area contributed by atoms with Crippen LogP contribution in [-0.2, 0) is 10.9 Å². The number of alkyl halides is 3. The zero-order valence-electron chi connectivity index (χ0n) is 14.4. The molecule has 27 heavy (non-hydrogen) atoms. The van der Waals surface area contributed by atoms with Crippen LogP contribution in [0, 0.1) is 0 Å². The van der Waals surface area contributed by atoms with Crippen molar-refractivity contribution in [3.05, 3.63) is 65.9 Å². The van der Waals surface area contributed by atoms with Crippen molar-refractivity contribution in [2.45, 2.75) is 6.18 Å². The molecule has 5 nitrogen and oxygen atoms in total. The minimum absolute atomic E-state index is 0.260. The van der Waals surface area contributed by atoms with E-state index < -0.39 is 17.8 Å². The maximum Gasteiger partial charge on any atom is 0.435 e. The Morgan fingerprint density at radius 1 is 1.00 bits per heavy atom. The second-order valence-corrected chi connectivity index (χ2v) is 5.59. The Balaban J connectivity index is 2.10. The predicted octanol–water partition coefficient (Wildman–Crippen LogP) is 4.35. The standard InChI is InChI=1S/C19H15F3N2O3/c1-26-15-9-5-12(6-10-15)16-11-17(19(20,21)22)23-24(16)14-7-3-13(4-8-14)18(25)27-2/h3-11H,1-2H3. The number of esters is 1. The molecule has 0 unspecified atom stereocenters. The Labute approximate surface area is 152 Å². The minimum atomic E-state index is -4.58. The van der Waals surface area contributed by atoms with E-state index in [9.17, 15) is 18.0 Å². The lowest BCUT2D eigenvalue weighted by molar-refractivity contribution is -0.141. The first kappa shape index (κ1) is 18.5. The van der Waals surface area contributed by atoms with Crippen LogP contribution in [0.15, 0.2) is 54.6 Å². The molecule has 3 rings (SSSR count). The summed E-state index contributed by atoms with van der Waals surface area (Å²) in [6.45, 7) is 0. The van der Waals surface area contributed by atoms with Gasteiger partial charge in [-0.15, -0.1) is 0 Å². The number of hydrogen-bond acceptors (Lipinski definition) is 4. The van der Waals surface area contributed by atoms with Gasteiger partial charge < -0.3 is 9.47 Å². The van der Waals surface area contributed by atoms with Gasteiger partial charge in [0.1, 0.15) is 5.75 Å². The number of methoxy groups -OCH3 is 2. The first-order chi connectivity index (χ1) is 12.8. The number of aromatic nitrogens is 2. The summed E-state index contributed by atoms with van der Waals surface area (Å²) >= 11 is 0. The first-order valence-electron chi connectivity index (χ1n) is 7.84. The van der Waals surface area contributed by atoms with Crippen LogP contribution in [0.4, 0.5) is 13.2 Å². The molecule has 0 aliphatic rings. The molecule has 0 saturated carbocycles. The lowest BCUT2D eigenvalue weighted by Gasteiger charge is -2.09. The highest BCUT2D eigenvalue weighted by Crippen LogP contribution is 2.33. The second-order valence-electron chi connectivity index (χ2n) is 5.59. The van der Waals surface area contributed by atoms with Crippen LogP contribution < -0.4 is 4.74 Å². The fourth-order valence-electron chi connectivity index (χ4n) is 2.54. The van der Waals surface area contributed by atoms with Gasteiger partial charge in [-0.05, 0) is 54.6 Å². The fourth-order valence-corrected chi connectivity index (χ4v) is 2.54. The molecule has 1 aromatic heterocycles. The van der Waals surface area contributed by atoms with E-state index >= 15 is 0 Å². The van der Waals surface area contributed by atoms with Gasteiger partial charge in [-0.1, -0.05) is 0 Å². The average Bonchev–Trinajstić information content (AvgIpc) is 3.13. The highest BCUT2D eigenvalue weighted by molar-refractivity contribution is 5.89. The molecule has 0 saturated heterocycles. The molecule has 0 spiro atoms. The largest absolute Gasteiger partial charge is 0.497 e. The zero-order chi connectivity index (χ0) is 19.6. The van der Waals surface area contributed by atoms with E-state index in [1.165, 1.54) is 43.2 Å². The number of benzene rings is 2. The summed E-state index contributed by atoms with van der Waals surface area (Å²) in [6.07, 6.45) is -4.58. The van der Waals surface area contributed by atoms with Gasteiger partial charge in [-0.3, -0.25) is 0 Å². The summed E-state index contributed by atoms with van der Waals surface area (Å²) in [5.41, 5.74) is 0.455. The van der Waals surface area contributed by atoms with Gasteiger partial charge >= 0.3 is 12.1 Å². The highest BCUT2D eigenvalue weighted by atomic mass is 19.4. The van der Waals surface area contributed by atoms with Crippen molar-refractivity contribution in [3.63, 3.8) is 0 Å². The Morgan fingerprint density at radius 3 is 2.15 bits per heavy atom. The van der Waals surface area contributed by atoms with Crippen molar-refractivity contribution in [1.82, 2.24) is 9.78 Å². The number of carbonyl (C=O) groups is 1. The highest BCUT2D eigenvalue weighted by Gasteiger charge is 2.35. The third-order valence-electron chi connectivity index (χ3n) is 3.92. The van der Waals surface area contributed by atoms with Crippen molar-refractivity contribution in [3.8, 4) is 22.7 Å². The van der Waals surface area contributed by atoms with Gasteiger partial charge in [0.25, 0.3) is 0 Å². The molecule has 0 atom stereocenters. The molecule has 1 heterocycles. The molecule has 0 fully saturated rings. The summed E-state index contributed by atoms with van der Waals surface area (Å²) in [5, 5.41) is 3.71. The monoisotopic (exact) mass is 376 g/mol. The quantitative estimate of drug-likeness (QED) is 0.635. The van der Waals surface area contributed by atoms with Gasteiger partial charge in [0.15, 0.2) is 5.69 Å². The van der Waals surface area contributed by atoms with Crippen LogP contribution in [0.3, 0.4) is 0 Å². The lowest BCUT2D eigenvalue weighted by atomic mass is 10.1. The normalized spacial score (nSPS) is 11.3. The molecule has 2 aromatic carbocycles. The van der Waals surface area contributed by atoms with Crippen LogP contribution in [0.25, 0.3) is 16.9 Å². The number of carbonyl (C=O) groups excluding carboxylic acids is 1. The lowest BCUT2D eigenvalue weighted by Crippen LogP contribution is -2.07. The number of rotatable bonds is 4. The molecule has 0 N–H and O–H groups in total. The fraction of sp³-hybridized carbons (Fsp3) is 0.158. The van der Waals surface area contributed by atoms with Crippen molar-refractivity contribution in [2.75, 3.05) is 14.2 Å². The van der Waals surface area contributed by atoms with Crippen molar-refractivity contribution in [2.24, 2.45) is 0 Å². The SMILES string of the molecule is COC(=O)c1ccc(-n2nc(C(F)(F)F)cc2-c2ccc(OC)cc2)cc1. The van der Waals surface area contributed by atoms with E-state index in [-0.39, 0.29) is 11.3 Å². The van der Waals surface area contributed by atoms with E-state index in [0.29, 0.717) is 17.0 Å². The van der Waals surface area contributed by atoms with Crippen molar-refractivity contribution < 1.29 is 27.4 Å². The molecule has 0 radical (unpaired) electrons. The average molecular weight is 376 g/mol. The number of halogens is 3. The molecular formula is C19H15F3N2O3. The minimum Gasteiger partial charge on any atom is -0.497 e. The van der Waals surface area contributed by atoms with Crippen LogP contribution in [0.5, 0.6) is 5.75 Å². The molecule has 0 aliphatic heterocycles. The first-order valence-corrected chi connectivity index (χ1v) is 7.84. The van der Waals surface area contributed by atoms with Gasteiger partial charge in [-0.25, -0.2) is 9.48 Å². The van der Waals surface area contributed by atoms with Crippen LogP contribution in [-0.4, -0.2) is 30.0 Å². The maximum atomic E-state index is 13.2. The third-order valence-corrected chi connectivity index (χ3v) is 3.92. The Bertz CT molecular complexity index is 946. The maximum absolute atomic E-state index is 13.2. The molecule has 0 amide bonds. The van der Waals surface area contributed by atoms with Gasteiger partial charge in [0.2, 0.25) is 0 Å². The summed E-state index contributed by atoms with van der Waals surface area (Å²) in [7, 11) is 2.75. The number of ether oxygens (including phenoxy) is 2. The summed E-state index contributed by atoms with van der Waals surface area (Å²) < 4.78 is 50.5. The number of nitrogens with zero attached hydrogens (tertiary/aromatic N) is 2. The van der Waals surface area contributed by atoms with Crippen molar-refractivity contribution >= 4 is 5.97 Å². The van der Waals surface area contributed by atoms with Crippen molar-refractivity contribution in [1.29, 1.82) is 0 Å². The van der Waals surface area contributed by atoms with Crippen LogP contribution in [0.1, 0.15) is 16.1 Å². The zero-order valence-corrected chi connectivity index (χ0v) is 14.4. The van der Waals surface area contributed by atoms with Gasteiger partial charge in [0, 0.05) is 5.56 Å². The molecule has 3 aromatic rings. The third kappa shape index (κ3) is 3.79. The molecule has 0 bridgehead atoms. The molecule has 0 aliphatic carbocycles. The van der Waals surface area contributed by atoms with E-state index in [1.807, 2.05) is 0 Å². The van der Waals surface area contributed by atoms with E-state index in [4.69, 9.17) is 4.74 Å². The predicted molar refractivity (Wildman–Crippen MR) is 91.9 cm³/mol. The van der Waals surface area contributed by atoms with Crippen LogP contribution >= 0.6 is 0 Å². The van der Waals surface area contributed by atoms with E-state index in [2.05, 4.69) is 9.84 Å². The Kier molecular flexibility index (Phi) is 4.89. The van der Waals surface area contributed by atoms with Crippen LogP contribution in [0.2, 0.25) is 0 Å². The number of hydrogen-bond donors (Lipinski definition) is 0. The summed E-state index contributed by atoms with van der Waals surface area (Å²) in [4.78, 5) is 11.5. The van der Waals surface area contributed by atoms with E-state index in [0.717, 1.165) is 6.07 Å². The topological polar surface area (TPSA) is 53.4 Å². The summed E-state index contributed by atoms with van der Waals surface area (Å²) in [5.74, 6) is 0.0525. The molecule has 8 heteroatoms. The smallest absolute Gasteiger partial charge is 0.435 e. The van der Waals surface area contributed by atoms with Gasteiger partial charge in [0.05, 0.1) is 31.2 Å². The van der Waals surface area contributed by atoms with E-state index in [1.54, 1.807) is 24.3 Å². The summed E-state index contributed by atoms with van der Waals surface area (Å²) in [6, 6.07) is 13.5. The second kappa shape index (κ2) is 7.14. The Hall–Kier alpha value is -3.29. The van der Waals surface area contributed by atoms with Gasteiger partial charge in [-0.2, -0.15) is 18.3 Å². The Morgan fingerprint density at radius 2 is 1.63 bits per heavy atom.